The SMILES string of the molecule is O=C(Nc1ccccn1)C1CCN(CCn2ccc([N+](=O)[O-])n2)CC1. The number of rotatable bonds is 6. The predicted molar refractivity (Wildman–Crippen MR) is 90.9 cm³/mol. The normalized spacial score (nSPS) is 15.8. The highest BCUT2D eigenvalue weighted by Gasteiger charge is 2.25. The van der Waals surface area contributed by atoms with Gasteiger partial charge in [0.1, 0.15) is 5.82 Å². The zero-order valence-corrected chi connectivity index (χ0v) is 13.7. The van der Waals surface area contributed by atoms with Gasteiger partial charge < -0.3 is 20.3 Å². The van der Waals surface area contributed by atoms with E-state index < -0.39 is 4.92 Å². The minimum absolute atomic E-state index is 0.0101. The Kier molecular flexibility index (Phi) is 5.34. The number of aromatic nitrogens is 3. The summed E-state index contributed by atoms with van der Waals surface area (Å²) in [7, 11) is 0. The molecule has 2 aromatic rings. The Labute approximate surface area is 144 Å². The van der Waals surface area contributed by atoms with Gasteiger partial charge in [-0.15, -0.1) is 0 Å². The standard InChI is InChI=1S/C16H20N6O3/c23-16(18-14-3-1-2-7-17-14)13-4-8-20(9-5-13)11-12-21-10-6-15(19-21)22(24)25/h1-3,6-7,10,13H,4-5,8-9,11-12H2,(H,17,18,23). The van der Waals surface area contributed by atoms with Crippen molar-refractivity contribution in [2.45, 2.75) is 19.4 Å². The van der Waals surface area contributed by atoms with Gasteiger partial charge in [-0.1, -0.05) is 6.07 Å². The molecule has 0 bridgehead atoms. The van der Waals surface area contributed by atoms with Gasteiger partial charge >= 0.3 is 5.82 Å². The van der Waals surface area contributed by atoms with E-state index in [9.17, 15) is 14.9 Å². The molecule has 132 valence electrons. The van der Waals surface area contributed by atoms with Gasteiger partial charge in [-0.25, -0.2) is 4.98 Å². The molecule has 9 heteroatoms. The molecule has 0 radical (unpaired) electrons. The maximum atomic E-state index is 12.3. The van der Waals surface area contributed by atoms with E-state index >= 15 is 0 Å². The molecule has 0 atom stereocenters. The van der Waals surface area contributed by atoms with E-state index in [0.717, 1.165) is 32.5 Å². The third kappa shape index (κ3) is 4.60. The molecule has 0 aliphatic carbocycles. The second-order valence-electron chi connectivity index (χ2n) is 6.01. The summed E-state index contributed by atoms with van der Waals surface area (Å²) in [5.41, 5.74) is 0. The summed E-state index contributed by atoms with van der Waals surface area (Å²) in [6.07, 6.45) is 4.85. The molecule has 1 aliphatic heterocycles. The van der Waals surface area contributed by atoms with Crippen LogP contribution in [0, 0.1) is 16.0 Å². The first-order valence-electron chi connectivity index (χ1n) is 8.24. The van der Waals surface area contributed by atoms with E-state index in [1.165, 1.54) is 6.07 Å². The van der Waals surface area contributed by atoms with Crippen LogP contribution in [0.15, 0.2) is 36.7 Å². The first-order chi connectivity index (χ1) is 12.1. The van der Waals surface area contributed by atoms with Crippen molar-refractivity contribution in [1.29, 1.82) is 0 Å². The fourth-order valence-electron chi connectivity index (χ4n) is 2.90. The maximum absolute atomic E-state index is 12.3. The van der Waals surface area contributed by atoms with Crippen LogP contribution < -0.4 is 5.32 Å². The van der Waals surface area contributed by atoms with Gasteiger partial charge in [0.25, 0.3) is 0 Å². The molecular formula is C16H20N6O3. The number of nitrogens with one attached hydrogen (secondary N) is 1. The first kappa shape index (κ1) is 17.0. The minimum Gasteiger partial charge on any atom is -0.358 e. The molecule has 0 unspecified atom stereocenters. The molecule has 3 rings (SSSR count). The number of piperidine rings is 1. The number of carbonyl (C=O) groups is 1. The molecule has 1 aliphatic rings. The molecule has 1 saturated heterocycles. The number of anilines is 1. The lowest BCUT2D eigenvalue weighted by molar-refractivity contribution is -0.389. The van der Waals surface area contributed by atoms with Crippen molar-refractivity contribution in [3.63, 3.8) is 0 Å². The second-order valence-corrected chi connectivity index (χ2v) is 6.01. The molecule has 1 fully saturated rings. The molecule has 2 aromatic heterocycles. The monoisotopic (exact) mass is 344 g/mol. The van der Waals surface area contributed by atoms with Gasteiger partial charge in [0, 0.05) is 18.7 Å². The average Bonchev–Trinajstić information content (AvgIpc) is 3.11. The number of likely N-dealkylation sites (tertiary alicyclic amines) is 1. The molecule has 3 heterocycles. The van der Waals surface area contributed by atoms with Crippen molar-refractivity contribution in [2.24, 2.45) is 5.92 Å². The van der Waals surface area contributed by atoms with Crippen molar-refractivity contribution in [1.82, 2.24) is 19.7 Å². The summed E-state index contributed by atoms with van der Waals surface area (Å²) in [5, 5.41) is 17.4. The van der Waals surface area contributed by atoms with Gasteiger partial charge in [-0.05, 0) is 43.0 Å². The number of nitro groups is 1. The number of hydrogen-bond acceptors (Lipinski definition) is 6. The van der Waals surface area contributed by atoms with Crippen LogP contribution in [0.1, 0.15) is 12.8 Å². The van der Waals surface area contributed by atoms with E-state index in [4.69, 9.17) is 0 Å². The molecule has 1 amide bonds. The van der Waals surface area contributed by atoms with Crippen LogP contribution in [0.4, 0.5) is 11.6 Å². The minimum atomic E-state index is -0.498. The first-order valence-corrected chi connectivity index (χ1v) is 8.24. The highest BCUT2D eigenvalue weighted by Crippen LogP contribution is 2.19. The third-order valence-corrected chi connectivity index (χ3v) is 4.33. The Morgan fingerprint density at radius 1 is 1.28 bits per heavy atom. The molecule has 9 nitrogen and oxygen atoms in total. The van der Waals surface area contributed by atoms with Crippen molar-refractivity contribution >= 4 is 17.5 Å². The summed E-state index contributed by atoms with van der Waals surface area (Å²) in [4.78, 5) is 28.8. The largest absolute Gasteiger partial charge is 0.389 e. The van der Waals surface area contributed by atoms with Crippen molar-refractivity contribution in [3.05, 3.63) is 46.8 Å². The van der Waals surface area contributed by atoms with Crippen LogP contribution in [0.5, 0.6) is 0 Å². The number of pyridine rings is 1. The van der Waals surface area contributed by atoms with Gasteiger partial charge in [0.15, 0.2) is 0 Å². The van der Waals surface area contributed by atoms with Gasteiger partial charge in [-0.2, -0.15) is 4.68 Å². The molecule has 0 spiro atoms. The van der Waals surface area contributed by atoms with E-state index in [0.29, 0.717) is 12.4 Å². The van der Waals surface area contributed by atoms with Crippen molar-refractivity contribution in [2.75, 3.05) is 25.0 Å². The predicted octanol–water partition coefficient (Wildman–Crippen LogP) is 1.54. The smallest absolute Gasteiger partial charge is 0.358 e. The number of nitrogens with zero attached hydrogens (tertiary/aromatic N) is 5. The van der Waals surface area contributed by atoms with E-state index in [2.05, 4.69) is 20.3 Å². The number of carbonyl (C=O) groups excluding carboxylic acids is 1. The van der Waals surface area contributed by atoms with Crippen molar-refractivity contribution in [3.8, 4) is 0 Å². The fraction of sp³-hybridized carbons (Fsp3) is 0.438. The fourth-order valence-corrected chi connectivity index (χ4v) is 2.90. The number of amides is 1. The van der Waals surface area contributed by atoms with Gasteiger partial charge in [0.05, 0.1) is 23.9 Å². The van der Waals surface area contributed by atoms with E-state index in [1.807, 2.05) is 12.1 Å². The highest BCUT2D eigenvalue weighted by molar-refractivity contribution is 5.91. The van der Waals surface area contributed by atoms with Crippen LogP contribution in [0.25, 0.3) is 0 Å². The summed E-state index contributed by atoms with van der Waals surface area (Å²) in [6.45, 7) is 3.00. The van der Waals surface area contributed by atoms with Crippen LogP contribution in [-0.2, 0) is 11.3 Å². The third-order valence-electron chi connectivity index (χ3n) is 4.33. The Balaban J connectivity index is 1.42. The maximum Gasteiger partial charge on any atom is 0.389 e. The lowest BCUT2D eigenvalue weighted by Gasteiger charge is -2.30. The number of hydrogen-bond donors (Lipinski definition) is 1. The van der Waals surface area contributed by atoms with Crippen LogP contribution in [0.2, 0.25) is 0 Å². The zero-order valence-electron chi connectivity index (χ0n) is 13.7. The van der Waals surface area contributed by atoms with Crippen molar-refractivity contribution < 1.29 is 9.72 Å². The van der Waals surface area contributed by atoms with Crippen LogP contribution >= 0.6 is 0 Å². The topological polar surface area (TPSA) is 106 Å². The van der Waals surface area contributed by atoms with E-state index in [-0.39, 0.29) is 17.6 Å². The Morgan fingerprint density at radius 2 is 2.08 bits per heavy atom. The second kappa shape index (κ2) is 7.84. The Morgan fingerprint density at radius 3 is 2.72 bits per heavy atom. The van der Waals surface area contributed by atoms with Crippen LogP contribution in [-0.4, -0.2) is 50.1 Å². The lowest BCUT2D eigenvalue weighted by atomic mass is 9.96. The molecule has 1 N–H and O–H groups in total. The molecule has 0 aromatic carbocycles. The zero-order chi connectivity index (χ0) is 17.6. The van der Waals surface area contributed by atoms with Crippen LogP contribution in [0.3, 0.4) is 0 Å². The Bertz CT molecular complexity index is 724. The Hall–Kier alpha value is -2.81. The summed E-state index contributed by atoms with van der Waals surface area (Å²) >= 11 is 0. The molecule has 0 saturated carbocycles. The summed E-state index contributed by atoms with van der Waals surface area (Å²) < 4.78 is 1.58. The summed E-state index contributed by atoms with van der Waals surface area (Å²) in [5.74, 6) is 0.449. The summed E-state index contributed by atoms with van der Waals surface area (Å²) in [6, 6.07) is 6.82. The average molecular weight is 344 g/mol. The van der Waals surface area contributed by atoms with Gasteiger partial charge in [0.2, 0.25) is 5.91 Å². The highest BCUT2D eigenvalue weighted by atomic mass is 16.6. The molecular weight excluding hydrogens is 324 g/mol. The molecule has 25 heavy (non-hydrogen) atoms. The van der Waals surface area contributed by atoms with Gasteiger partial charge in [-0.3, -0.25) is 4.79 Å². The lowest BCUT2D eigenvalue weighted by Crippen LogP contribution is -2.39. The quantitative estimate of drug-likeness (QED) is 0.629. The van der Waals surface area contributed by atoms with E-state index in [1.54, 1.807) is 23.1 Å².